The molecule has 0 heterocycles. The van der Waals surface area contributed by atoms with E-state index in [1.165, 1.54) is 0 Å². The Balaban J connectivity index is -0.0000000112. The van der Waals surface area contributed by atoms with E-state index in [1.807, 2.05) is 0 Å². The fraction of sp³-hybridized carbons (Fsp3) is 0.500. The maximum Gasteiger partial charge on any atom is 3.00 e. The molecule has 0 radical (unpaired) electrons. The first-order valence-corrected chi connectivity index (χ1v) is 1.86. The van der Waals surface area contributed by atoms with Crippen molar-refractivity contribution in [2.24, 2.45) is 0 Å². The van der Waals surface area contributed by atoms with Crippen molar-refractivity contribution >= 4 is 20.4 Å². The van der Waals surface area contributed by atoms with E-state index < -0.39 is 11.9 Å². The van der Waals surface area contributed by atoms with E-state index in [-0.39, 0.29) is 22.5 Å². The van der Waals surface area contributed by atoms with Crippen LogP contribution in [0.3, 0.4) is 0 Å². The maximum absolute atomic E-state index is 9.00. The predicted octanol–water partition coefficient (Wildman–Crippen LogP) is -9.19. The van der Waals surface area contributed by atoms with E-state index in [1.54, 1.807) is 0 Å². The van der Waals surface area contributed by atoms with Crippen LogP contribution in [0.1, 0.15) is 13.8 Å². The van der Waals surface area contributed by atoms with Crippen molar-refractivity contribution in [3.05, 3.63) is 0 Å². The first kappa shape index (κ1) is 45.0. The van der Waals surface area contributed by atoms with Gasteiger partial charge in [-0.05, 0) is 0 Å². The molecule has 0 aliphatic heterocycles. The van der Waals surface area contributed by atoms with Gasteiger partial charge in [0.25, 0.3) is 11.9 Å². The van der Waals surface area contributed by atoms with Crippen molar-refractivity contribution in [1.29, 1.82) is 0 Å². The first-order valence-electron chi connectivity index (χ1n) is 1.86. The standard InChI is InChI=1S/2C2H4O2.B.3FH/c2*1-2(3)4;;;;/h2*1H3,(H,3,4);;3*1H/q;;+3;;;/p-3. The van der Waals surface area contributed by atoms with E-state index in [0.29, 0.717) is 0 Å². The van der Waals surface area contributed by atoms with Crippen molar-refractivity contribution in [2.75, 3.05) is 0 Å². The molecule has 0 saturated carbocycles. The third-order valence-corrected chi connectivity index (χ3v) is 0. The monoisotopic (exact) mass is 188 g/mol. The molecule has 0 bridgehead atoms. The zero-order valence-corrected chi connectivity index (χ0v) is 6.42. The Hall–Kier alpha value is -1.21. The zero-order chi connectivity index (χ0) is 7.15. The molecule has 0 aliphatic rings. The molecular formula is C4H8BF3O4. The third-order valence-electron chi connectivity index (χ3n) is 0. The summed E-state index contributed by atoms with van der Waals surface area (Å²) < 4.78 is 0. The van der Waals surface area contributed by atoms with Gasteiger partial charge in [-0.15, -0.1) is 0 Å². The fourth-order valence-corrected chi connectivity index (χ4v) is 0. The van der Waals surface area contributed by atoms with Gasteiger partial charge in [0.15, 0.2) is 0 Å². The number of halogens is 3. The Morgan fingerprint density at radius 3 is 0.833 bits per heavy atom. The Bertz CT molecular complexity index is 80.3. The summed E-state index contributed by atoms with van der Waals surface area (Å²) in [6.45, 7) is 2.17. The topological polar surface area (TPSA) is 74.6 Å². The van der Waals surface area contributed by atoms with Gasteiger partial charge >= 0.3 is 8.41 Å². The van der Waals surface area contributed by atoms with Crippen LogP contribution in [0.25, 0.3) is 0 Å². The SMILES string of the molecule is CC(=O)O.CC(=O)O.[B+3].[F-].[F-].[F-]. The van der Waals surface area contributed by atoms with Crippen LogP contribution in [0.2, 0.25) is 0 Å². The van der Waals surface area contributed by atoms with Crippen molar-refractivity contribution in [2.45, 2.75) is 13.8 Å². The number of hydrogen-bond acceptors (Lipinski definition) is 2. The summed E-state index contributed by atoms with van der Waals surface area (Å²) in [5.41, 5.74) is 0. The number of aliphatic carboxylic acids is 2. The Morgan fingerprint density at radius 1 is 0.833 bits per heavy atom. The number of rotatable bonds is 0. The van der Waals surface area contributed by atoms with E-state index >= 15 is 0 Å². The molecule has 0 atom stereocenters. The first-order chi connectivity index (χ1) is 3.46. The Labute approximate surface area is 69.3 Å². The molecule has 0 amide bonds. The summed E-state index contributed by atoms with van der Waals surface area (Å²) in [6, 6.07) is 0. The minimum Gasteiger partial charge on any atom is -1.00 e. The molecule has 12 heavy (non-hydrogen) atoms. The Kier molecular flexibility index (Phi) is 124. The van der Waals surface area contributed by atoms with Crippen LogP contribution in [0.15, 0.2) is 0 Å². The van der Waals surface area contributed by atoms with Gasteiger partial charge < -0.3 is 24.3 Å². The van der Waals surface area contributed by atoms with Gasteiger partial charge in [-0.3, -0.25) is 9.59 Å². The number of carboxylic acid groups (broad SMARTS) is 2. The molecule has 2 N–H and O–H groups in total. The molecule has 8 heteroatoms. The number of hydrogen-bond donors (Lipinski definition) is 2. The minimum atomic E-state index is -0.833. The quantitative estimate of drug-likeness (QED) is 0.370. The average molecular weight is 188 g/mol. The Morgan fingerprint density at radius 2 is 0.833 bits per heavy atom. The van der Waals surface area contributed by atoms with Crippen LogP contribution in [-0.2, 0) is 9.59 Å². The van der Waals surface area contributed by atoms with E-state index in [9.17, 15) is 0 Å². The van der Waals surface area contributed by atoms with E-state index in [4.69, 9.17) is 19.8 Å². The molecule has 72 valence electrons. The normalized spacial score (nSPS) is 4.17. The second kappa shape index (κ2) is 33.0. The molecule has 0 aromatic heterocycles. The van der Waals surface area contributed by atoms with Crippen LogP contribution in [0.5, 0.6) is 0 Å². The van der Waals surface area contributed by atoms with Crippen LogP contribution < -0.4 is 14.1 Å². The predicted molar refractivity (Wildman–Crippen MR) is 32.4 cm³/mol. The van der Waals surface area contributed by atoms with Gasteiger partial charge in [0.2, 0.25) is 0 Å². The van der Waals surface area contributed by atoms with Gasteiger partial charge in [0.05, 0.1) is 0 Å². The van der Waals surface area contributed by atoms with Gasteiger partial charge in [-0.1, -0.05) is 0 Å². The smallest absolute Gasteiger partial charge is 1.00 e. The molecule has 4 nitrogen and oxygen atoms in total. The van der Waals surface area contributed by atoms with Crippen LogP contribution in [-0.4, -0.2) is 30.6 Å². The molecular weight excluding hydrogens is 180 g/mol. The van der Waals surface area contributed by atoms with Gasteiger partial charge in [0, 0.05) is 13.8 Å². The van der Waals surface area contributed by atoms with Crippen molar-refractivity contribution in [3.8, 4) is 0 Å². The molecule has 0 aromatic carbocycles. The molecule has 0 unspecified atom stereocenters. The van der Waals surface area contributed by atoms with Crippen LogP contribution in [0.4, 0.5) is 0 Å². The zero-order valence-electron chi connectivity index (χ0n) is 6.42. The van der Waals surface area contributed by atoms with Crippen LogP contribution >= 0.6 is 0 Å². The molecule has 0 saturated heterocycles. The summed E-state index contributed by atoms with van der Waals surface area (Å²) in [5, 5.41) is 14.8. The maximum atomic E-state index is 9.00. The largest absolute Gasteiger partial charge is 3.00 e. The van der Waals surface area contributed by atoms with Gasteiger partial charge in [0.1, 0.15) is 0 Å². The molecule has 0 aliphatic carbocycles. The molecule has 0 spiro atoms. The fourth-order valence-electron chi connectivity index (χ4n) is 0. The molecule has 0 rings (SSSR count). The van der Waals surface area contributed by atoms with Crippen molar-refractivity contribution in [3.63, 3.8) is 0 Å². The van der Waals surface area contributed by atoms with Crippen molar-refractivity contribution < 1.29 is 33.9 Å². The third kappa shape index (κ3) is 368. The van der Waals surface area contributed by atoms with E-state index in [0.717, 1.165) is 13.8 Å². The van der Waals surface area contributed by atoms with E-state index in [2.05, 4.69) is 0 Å². The van der Waals surface area contributed by atoms with Gasteiger partial charge in [-0.25, -0.2) is 0 Å². The van der Waals surface area contributed by atoms with Gasteiger partial charge in [-0.2, -0.15) is 0 Å². The summed E-state index contributed by atoms with van der Waals surface area (Å²) in [6.07, 6.45) is 0. The second-order valence-corrected chi connectivity index (χ2v) is 1.04. The summed E-state index contributed by atoms with van der Waals surface area (Å²) in [5.74, 6) is -1.67. The second-order valence-electron chi connectivity index (χ2n) is 1.04. The summed E-state index contributed by atoms with van der Waals surface area (Å²) in [7, 11) is 0. The molecule has 0 aromatic rings. The summed E-state index contributed by atoms with van der Waals surface area (Å²) >= 11 is 0. The molecule has 0 fully saturated rings. The van der Waals surface area contributed by atoms with Crippen LogP contribution in [0, 0.1) is 0 Å². The summed E-state index contributed by atoms with van der Waals surface area (Å²) in [4.78, 5) is 18.0. The average Bonchev–Trinajstić information content (AvgIpc) is 1.25. The van der Waals surface area contributed by atoms with Crippen molar-refractivity contribution in [1.82, 2.24) is 0 Å². The minimum absolute atomic E-state index is 0. The number of carbonyl (C=O) groups is 2. The number of carboxylic acids is 2.